The lowest BCUT2D eigenvalue weighted by Gasteiger charge is -2.01. The van der Waals surface area contributed by atoms with Crippen LogP contribution in [0.4, 0.5) is 0 Å². The molecule has 5 nitrogen and oxygen atoms in total. The zero-order chi connectivity index (χ0) is 18.4. The number of hydrogen-bond donors (Lipinski definition) is 0. The Kier molecular flexibility index (Phi) is 4.05. The van der Waals surface area contributed by atoms with E-state index in [2.05, 4.69) is 10.1 Å². The molecule has 0 aliphatic carbocycles. The molecular weight excluding hydrogens is 375 g/mol. The van der Waals surface area contributed by atoms with E-state index in [0.717, 1.165) is 10.9 Å². The minimum atomic E-state index is -0.0678. The summed E-state index contributed by atoms with van der Waals surface area (Å²) in [6.07, 6.45) is 0. The van der Waals surface area contributed by atoms with Gasteiger partial charge >= 0.3 is 0 Å². The number of ketones is 1. The highest BCUT2D eigenvalue weighted by atomic mass is 35.5. The molecule has 7 heteroatoms. The molecule has 0 saturated carbocycles. The van der Waals surface area contributed by atoms with Gasteiger partial charge < -0.3 is 8.94 Å². The monoisotopic (exact) mass is 386 g/mol. The van der Waals surface area contributed by atoms with Crippen molar-refractivity contribution in [3.8, 4) is 23.0 Å². The average Bonchev–Trinajstić information content (AvgIpc) is 3.25. The molecule has 0 radical (unpaired) electrons. The number of aromatic nitrogens is 2. The lowest BCUT2D eigenvalue weighted by Crippen LogP contribution is -1.92. The van der Waals surface area contributed by atoms with E-state index in [0.29, 0.717) is 38.3 Å². The van der Waals surface area contributed by atoms with Gasteiger partial charge in [-0.1, -0.05) is 40.5 Å². The zero-order valence-corrected chi connectivity index (χ0v) is 15.4. The Morgan fingerprint density at radius 2 is 1.88 bits per heavy atom. The summed E-state index contributed by atoms with van der Waals surface area (Å²) in [5.74, 6) is 0.884. The highest BCUT2D eigenvalue weighted by Crippen LogP contribution is 2.35. The summed E-state index contributed by atoms with van der Waals surface area (Å²) in [7, 11) is 0. The molecule has 0 aliphatic rings. The van der Waals surface area contributed by atoms with Crippen LogP contribution in [0.1, 0.15) is 22.8 Å². The summed E-state index contributed by atoms with van der Waals surface area (Å²) in [6.45, 7) is 3.41. The van der Waals surface area contributed by atoms with Crippen LogP contribution in [0, 0.1) is 6.92 Å². The predicted molar refractivity (Wildman–Crippen MR) is 99.7 cm³/mol. The van der Waals surface area contributed by atoms with E-state index in [9.17, 15) is 4.79 Å². The molecule has 0 N–H and O–H groups in total. The molecule has 0 unspecified atom stereocenters. The van der Waals surface area contributed by atoms with Gasteiger partial charge in [0.15, 0.2) is 11.5 Å². The quantitative estimate of drug-likeness (QED) is 0.405. The Balaban J connectivity index is 1.76. The molecule has 0 aliphatic heterocycles. The van der Waals surface area contributed by atoms with Gasteiger partial charge in [0, 0.05) is 16.5 Å². The van der Waals surface area contributed by atoms with Crippen LogP contribution in [0.25, 0.3) is 34.0 Å². The van der Waals surface area contributed by atoms with Gasteiger partial charge in [-0.25, -0.2) is 0 Å². The van der Waals surface area contributed by atoms with E-state index in [-0.39, 0.29) is 11.7 Å². The largest absolute Gasteiger partial charge is 0.451 e. The number of aryl methyl sites for hydroxylation is 1. The Labute approximate surface area is 158 Å². The van der Waals surface area contributed by atoms with Crippen LogP contribution in [0.2, 0.25) is 10.0 Å². The number of rotatable bonds is 3. The number of benzene rings is 2. The highest BCUT2D eigenvalue weighted by molar-refractivity contribution is 6.35. The van der Waals surface area contributed by atoms with Crippen LogP contribution < -0.4 is 0 Å². The number of carbonyl (C=O) groups excluding carboxylic acids is 1. The SMILES string of the molecule is CC(=O)c1ccc(-c2noc(-c3cc4c(Cl)ccc(C)c4o3)n2)c(Cl)c1. The predicted octanol–water partition coefficient (Wildman–Crippen LogP) is 5.97. The van der Waals surface area contributed by atoms with Crippen molar-refractivity contribution in [1.29, 1.82) is 0 Å². The maximum atomic E-state index is 11.4. The van der Waals surface area contributed by atoms with Gasteiger partial charge in [0.2, 0.25) is 5.82 Å². The van der Waals surface area contributed by atoms with Gasteiger partial charge in [-0.15, -0.1) is 0 Å². The van der Waals surface area contributed by atoms with Crippen LogP contribution in [-0.4, -0.2) is 15.9 Å². The molecule has 0 atom stereocenters. The minimum absolute atomic E-state index is 0.0678. The molecule has 0 saturated heterocycles. The molecule has 2 aromatic heterocycles. The summed E-state index contributed by atoms with van der Waals surface area (Å²) < 4.78 is 11.2. The standard InChI is InChI=1S/C19H12Cl2N2O3/c1-9-3-6-14(20)13-8-16(25-17(9)13)19-22-18(23-26-19)12-5-4-11(10(2)24)7-15(12)21/h3-8H,1-2H3. The van der Waals surface area contributed by atoms with Gasteiger partial charge in [0.1, 0.15) is 5.58 Å². The van der Waals surface area contributed by atoms with Crippen molar-refractivity contribution >= 4 is 40.0 Å². The van der Waals surface area contributed by atoms with Crippen LogP contribution in [0.15, 0.2) is 45.3 Å². The van der Waals surface area contributed by atoms with Crippen LogP contribution in [0.3, 0.4) is 0 Å². The second-order valence-electron chi connectivity index (χ2n) is 5.89. The first-order valence-electron chi connectivity index (χ1n) is 7.77. The van der Waals surface area contributed by atoms with Crippen molar-refractivity contribution in [3.05, 3.63) is 57.6 Å². The van der Waals surface area contributed by atoms with E-state index >= 15 is 0 Å². The smallest absolute Gasteiger partial charge is 0.293 e. The van der Waals surface area contributed by atoms with Gasteiger partial charge in [-0.05, 0) is 43.7 Å². The number of fused-ring (bicyclic) bond motifs is 1. The molecule has 4 rings (SSSR count). The minimum Gasteiger partial charge on any atom is -0.451 e. The molecule has 0 amide bonds. The molecule has 0 spiro atoms. The van der Waals surface area contributed by atoms with Crippen LogP contribution >= 0.6 is 23.2 Å². The first-order chi connectivity index (χ1) is 12.4. The number of halogens is 2. The molecule has 0 bridgehead atoms. The van der Waals surface area contributed by atoms with Crippen molar-refractivity contribution in [2.24, 2.45) is 0 Å². The van der Waals surface area contributed by atoms with E-state index in [1.807, 2.05) is 19.1 Å². The fourth-order valence-corrected chi connectivity index (χ4v) is 3.15. The van der Waals surface area contributed by atoms with Crippen LogP contribution in [0.5, 0.6) is 0 Å². The summed E-state index contributed by atoms with van der Waals surface area (Å²) in [5, 5.41) is 5.70. The zero-order valence-electron chi connectivity index (χ0n) is 13.8. The second kappa shape index (κ2) is 6.27. The summed E-state index contributed by atoms with van der Waals surface area (Å²) in [4.78, 5) is 15.8. The van der Waals surface area contributed by atoms with Crippen molar-refractivity contribution in [3.63, 3.8) is 0 Å². The summed E-state index contributed by atoms with van der Waals surface area (Å²) >= 11 is 12.5. The third-order valence-corrected chi connectivity index (χ3v) is 4.72. The first-order valence-corrected chi connectivity index (χ1v) is 8.53. The maximum absolute atomic E-state index is 11.4. The van der Waals surface area contributed by atoms with Crippen molar-refractivity contribution in [1.82, 2.24) is 10.1 Å². The normalized spacial score (nSPS) is 11.2. The Morgan fingerprint density at radius 1 is 1.08 bits per heavy atom. The lowest BCUT2D eigenvalue weighted by molar-refractivity contribution is 0.101. The molecule has 26 heavy (non-hydrogen) atoms. The Hall–Kier alpha value is -2.63. The molecular formula is C19H12Cl2N2O3. The maximum Gasteiger partial charge on any atom is 0.293 e. The third kappa shape index (κ3) is 2.79. The lowest BCUT2D eigenvalue weighted by atomic mass is 10.1. The molecule has 2 aromatic carbocycles. The Bertz CT molecular complexity index is 1120. The van der Waals surface area contributed by atoms with E-state index in [1.165, 1.54) is 6.92 Å². The number of hydrogen-bond acceptors (Lipinski definition) is 5. The Morgan fingerprint density at radius 3 is 2.58 bits per heavy atom. The van der Waals surface area contributed by atoms with Crippen molar-refractivity contribution in [2.45, 2.75) is 13.8 Å². The average molecular weight is 387 g/mol. The van der Waals surface area contributed by atoms with Gasteiger partial charge in [-0.3, -0.25) is 4.79 Å². The van der Waals surface area contributed by atoms with Crippen molar-refractivity contribution < 1.29 is 13.7 Å². The molecule has 130 valence electrons. The topological polar surface area (TPSA) is 69.1 Å². The van der Waals surface area contributed by atoms with E-state index in [1.54, 1.807) is 24.3 Å². The van der Waals surface area contributed by atoms with Gasteiger partial charge in [0.05, 0.1) is 10.0 Å². The summed E-state index contributed by atoms with van der Waals surface area (Å²) in [5.41, 5.74) is 2.72. The fourth-order valence-electron chi connectivity index (χ4n) is 2.68. The third-order valence-electron chi connectivity index (χ3n) is 4.08. The molecule has 4 aromatic rings. The number of furan rings is 1. The number of Topliss-reactive ketones (excluding diaryl/α,β-unsaturated/α-hetero) is 1. The van der Waals surface area contributed by atoms with Gasteiger partial charge in [-0.2, -0.15) is 4.98 Å². The van der Waals surface area contributed by atoms with Crippen LogP contribution in [-0.2, 0) is 0 Å². The van der Waals surface area contributed by atoms with Crippen molar-refractivity contribution in [2.75, 3.05) is 0 Å². The summed E-state index contributed by atoms with van der Waals surface area (Å²) in [6, 6.07) is 10.4. The number of nitrogens with zero attached hydrogens (tertiary/aromatic N) is 2. The second-order valence-corrected chi connectivity index (χ2v) is 6.71. The first kappa shape index (κ1) is 16.8. The van der Waals surface area contributed by atoms with Gasteiger partial charge in [0.25, 0.3) is 5.89 Å². The highest BCUT2D eigenvalue weighted by Gasteiger charge is 2.18. The molecule has 2 heterocycles. The van der Waals surface area contributed by atoms with E-state index in [4.69, 9.17) is 32.1 Å². The fraction of sp³-hybridized carbons (Fsp3) is 0.105. The van der Waals surface area contributed by atoms with E-state index < -0.39 is 0 Å². The molecule has 0 fully saturated rings. The number of carbonyl (C=O) groups is 1.